The Labute approximate surface area is 128 Å². The molecule has 0 aliphatic rings. The van der Waals surface area contributed by atoms with Gasteiger partial charge < -0.3 is 0 Å². The van der Waals surface area contributed by atoms with Crippen LogP contribution in [0.5, 0.6) is 0 Å². The lowest BCUT2D eigenvalue weighted by Gasteiger charge is -2.20. The summed E-state index contributed by atoms with van der Waals surface area (Å²) in [7, 11) is 0. The molecule has 3 heteroatoms. The summed E-state index contributed by atoms with van der Waals surface area (Å²) in [6, 6.07) is 4.55. The molecule has 0 aliphatic heterocycles. The minimum atomic E-state index is 0.220. The molecule has 0 saturated carbocycles. The number of rotatable bonds is 4. The quantitative estimate of drug-likeness (QED) is 0.294. The second-order valence-electron chi connectivity index (χ2n) is 6.23. The first-order chi connectivity index (χ1) is 9.88. The Hall–Kier alpha value is -1.91. The van der Waals surface area contributed by atoms with Crippen LogP contribution in [0, 0.1) is 11.8 Å². The summed E-state index contributed by atoms with van der Waals surface area (Å²) in [6.07, 6.45) is 0. The highest BCUT2D eigenvalue weighted by Gasteiger charge is 2.15. The van der Waals surface area contributed by atoms with Gasteiger partial charge in [0.25, 0.3) is 0 Å². The second-order valence-corrected chi connectivity index (χ2v) is 6.23. The molecule has 0 aromatic heterocycles. The van der Waals surface area contributed by atoms with Gasteiger partial charge in [-0.3, -0.25) is 0 Å². The molecule has 0 unspecified atom stereocenters. The van der Waals surface area contributed by atoms with E-state index in [4.69, 9.17) is 5.53 Å². The maximum absolute atomic E-state index is 8.34. The van der Waals surface area contributed by atoms with Crippen molar-refractivity contribution < 1.29 is 0 Å². The molecule has 0 saturated heterocycles. The van der Waals surface area contributed by atoms with Gasteiger partial charge in [-0.2, -0.15) is 0 Å². The first kappa shape index (κ1) is 17.1. The van der Waals surface area contributed by atoms with Crippen LogP contribution in [0.3, 0.4) is 0 Å². The number of hydrogen-bond acceptors (Lipinski definition) is 1. The molecular weight excluding hydrogens is 258 g/mol. The van der Waals surface area contributed by atoms with E-state index >= 15 is 0 Å². The van der Waals surface area contributed by atoms with E-state index in [2.05, 4.69) is 75.5 Å². The van der Waals surface area contributed by atoms with Gasteiger partial charge in [0.1, 0.15) is 0 Å². The lowest BCUT2D eigenvalue weighted by molar-refractivity contribution is 0.800. The lowest BCUT2D eigenvalue weighted by atomic mass is 9.84. The molecule has 0 fully saturated rings. The summed E-state index contributed by atoms with van der Waals surface area (Å²) >= 11 is 0. The van der Waals surface area contributed by atoms with Crippen LogP contribution in [0.2, 0.25) is 0 Å². The van der Waals surface area contributed by atoms with Crippen LogP contribution in [0.25, 0.3) is 10.4 Å². The van der Waals surface area contributed by atoms with E-state index in [9.17, 15) is 0 Å². The molecule has 0 aliphatic carbocycles. The van der Waals surface area contributed by atoms with Crippen LogP contribution in [0.4, 0.5) is 0 Å². The lowest BCUT2D eigenvalue weighted by Crippen LogP contribution is -2.04. The summed E-state index contributed by atoms with van der Waals surface area (Å²) in [5.41, 5.74) is 13.4. The summed E-state index contributed by atoms with van der Waals surface area (Å²) in [4.78, 5) is 2.74. The molecular formula is C18H25N3. The largest absolute Gasteiger partial charge is 0.0919 e. The molecule has 0 spiro atoms. The van der Waals surface area contributed by atoms with Crippen LogP contribution in [0.1, 0.15) is 81.5 Å². The van der Waals surface area contributed by atoms with E-state index in [1.165, 1.54) is 16.7 Å². The summed E-state index contributed by atoms with van der Waals surface area (Å²) in [5, 5.41) is 3.49. The molecule has 0 amide bonds. The zero-order valence-electron chi connectivity index (χ0n) is 13.9. The molecule has 0 bridgehead atoms. The third-order valence-corrected chi connectivity index (χ3v) is 3.56. The van der Waals surface area contributed by atoms with Crippen molar-refractivity contribution in [3.05, 3.63) is 44.8 Å². The fraction of sp³-hybridized carbons (Fsp3) is 0.556. The van der Waals surface area contributed by atoms with Gasteiger partial charge >= 0.3 is 0 Å². The molecule has 1 rings (SSSR count). The summed E-state index contributed by atoms with van der Waals surface area (Å²) in [6.45, 7) is 13.4. The van der Waals surface area contributed by atoms with E-state index in [1.807, 2.05) is 0 Å². The maximum Gasteiger partial charge on any atom is 0.0880 e. The van der Waals surface area contributed by atoms with Crippen LogP contribution in [-0.2, 0) is 0 Å². The maximum atomic E-state index is 8.34. The van der Waals surface area contributed by atoms with Gasteiger partial charge in [-0.25, -0.2) is 0 Å². The Kier molecular flexibility index (Phi) is 6.34. The minimum Gasteiger partial charge on any atom is -0.0919 e. The van der Waals surface area contributed by atoms with Crippen molar-refractivity contribution >= 4 is 0 Å². The highest BCUT2D eigenvalue weighted by molar-refractivity contribution is 5.52. The zero-order valence-corrected chi connectivity index (χ0v) is 13.9. The Bertz CT molecular complexity index is 566. The normalized spacial score (nSPS) is 10.5. The molecule has 3 nitrogen and oxygen atoms in total. The number of benzene rings is 1. The van der Waals surface area contributed by atoms with Gasteiger partial charge in [-0.05, 0) is 40.0 Å². The van der Waals surface area contributed by atoms with Crippen molar-refractivity contribution in [2.45, 2.75) is 59.3 Å². The summed E-state index contributed by atoms with van der Waals surface area (Å²) in [5.74, 6) is 7.55. The minimum absolute atomic E-state index is 0.220. The molecule has 0 atom stereocenters. The second kappa shape index (κ2) is 7.76. The smallest absolute Gasteiger partial charge is 0.0880 e. The van der Waals surface area contributed by atoms with E-state index in [0.29, 0.717) is 17.8 Å². The van der Waals surface area contributed by atoms with Crippen molar-refractivity contribution in [1.82, 2.24) is 0 Å². The first-order valence-electron chi connectivity index (χ1n) is 7.55. The van der Waals surface area contributed by atoms with Crippen LogP contribution in [0.15, 0.2) is 17.2 Å². The fourth-order valence-corrected chi connectivity index (χ4v) is 2.30. The molecule has 21 heavy (non-hydrogen) atoms. The van der Waals surface area contributed by atoms with Crippen molar-refractivity contribution in [1.29, 1.82) is 0 Å². The topological polar surface area (TPSA) is 48.8 Å². The molecule has 0 radical (unpaired) electrons. The Morgan fingerprint density at radius 1 is 1.00 bits per heavy atom. The SMILES string of the molecule is CC(C)c1cc(C(C)C)c(C#CCN=[N+]=[N-])c(C(C)C)c1. The van der Waals surface area contributed by atoms with E-state index in [0.717, 1.165) is 5.56 Å². The van der Waals surface area contributed by atoms with Crippen molar-refractivity contribution in [2.24, 2.45) is 5.11 Å². The number of hydrogen-bond donors (Lipinski definition) is 0. The number of nitrogens with zero attached hydrogens (tertiary/aromatic N) is 3. The average Bonchev–Trinajstić information content (AvgIpc) is 2.42. The first-order valence-corrected chi connectivity index (χ1v) is 7.55. The Balaban J connectivity index is 3.48. The monoisotopic (exact) mass is 283 g/mol. The highest BCUT2D eigenvalue weighted by Crippen LogP contribution is 2.31. The van der Waals surface area contributed by atoms with E-state index in [1.54, 1.807) is 0 Å². The Morgan fingerprint density at radius 3 is 1.90 bits per heavy atom. The molecule has 112 valence electrons. The Morgan fingerprint density at radius 2 is 1.52 bits per heavy atom. The van der Waals surface area contributed by atoms with Gasteiger partial charge in [0.2, 0.25) is 0 Å². The zero-order chi connectivity index (χ0) is 16.0. The van der Waals surface area contributed by atoms with Crippen LogP contribution < -0.4 is 0 Å². The average molecular weight is 283 g/mol. The third-order valence-electron chi connectivity index (χ3n) is 3.56. The standard InChI is InChI=1S/C18H25N3/c1-12(2)15-10-17(13(3)4)16(8-7-9-20-21-19)18(11-15)14(5)6/h10-14H,9H2,1-6H3. The van der Waals surface area contributed by atoms with Crippen LogP contribution in [-0.4, -0.2) is 6.54 Å². The highest BCUT2D eigenvalue weighted by atomic mass is 15.1. The van der Waals surface area contributed by atoms with Crippen molar-refractivity contribution in [3.8, 4) is 11.8 Å². The molecule has 1 aromatic carbocycles. The van der Waals surface area contributed by atoms with Crippen molar-refractivity contribution in [2.75, 3.05) is 6.54 Å². The van der Waals surface area contributed by atoms with E-state index < -0.39 is 0 Å². The van der Waals surface area contributed by atoms with Gasteiger partial charge in [-0.1, -0.05) is 70.6 Å². The van der Waals surface area contributed by atoms with Crippen molar-refractivity contribution in [3.63, 3.8) is 0 Å². The van der Waals surface area contributed by atoms with Gasteiger partial charge in [0.15, 0.2) is 0 Å². The fourth-order valence-electron chi connectivity index (χ4n) is 2.30. The van der Waals surface area contributed by atoms with E-state index in [-0.39, 0.29) is 6.54 Å². The van der Waals surface area contributed by atoms with Gasteiger partial charge in [0, 0.05) is 10.5 Å². The predicted molar refractivity (Wildman–Crippen MR) is 89.6 cm³/mol. The van der Waals surface area contributed by atoms with Gasteiger partial charge in [0.05, 0.1) is 6.54 Å². The third kappa shape index (κ3) is 4.55. The predicted octanol–water partition coefficient (Wildman–Crippen LogP) is 5.72. The van der Waals surface area contributed by atoms with Gasteiger partial charge in [-0.15, -0.1) is 0 Å². The molecule has 1 aromatic rings. The summed E-state index contributed by atoms with van der Waals surface area (Å²) < 4.78 is 0. The van der Waals surface area contributed by atoms with Crippen LogP contribution >= 0.6 is 0 Å². The number of azide groups is 1. The molecule has 0 N–H and O–H groups in total. The molecule has 0 heterocycles.